The third kappa shape index (κ3) is 6.24. The highest BCUT2D eigenvalue weighted by atomic mass is 35.5. The van der Waals surface area contributed by atoms with E-state index in [1.807, 2.05) is 48.5 Å². The number of nitrogens with one attached hydrogen (secondary N) is 1. The lowest BCUT2D eigenvalue weighted by atomic mass is 9.72. The van der Waals surface area contributed by atoms with Gasteiger partial charge in [-0.15, -0.1) is 0 Å². The molecule has 0 unspecified atom stereocenters. The highest BCUT2D eigenvalue weighted by Gasteiger charge is 2.39. The second-order valence-electron chi connectivity index (χ2n) is 10.5. The van der Waals surface area contributed by atoms with E-state index in [4.69, 9.17) is 36.3 Å². The highest BCUT2D eigenvalue weighted by Crippen LogP contribution is 2.43. The quantitative estimate of drug-likeness (QED) is 0.304. The Kier molecular flexibility index (Phi) is 8.57. The molecule has 2 bridgehead atoms. The number of nitrogens with two attached hydrogens (primary N) is 1. The number of rotatable bonds is 11. The molecule has 0 saturated carbocycles. The minimum Gasteiger partial charge on any atom is -0.497 e. The maximum absolute atomic E-state index is 13.4. The van der Waals surface area contributed by atoms with Gasteiger partial charge in [-0.05, 0) is 79.7 Å². The van der Waals surface area contributed by atoms with Gasteiger partial charge < -0.3 is 34.9 Å². The molecule has 3 heterocycles. The standard InChI is InChI=1S/C31H36ClN3O5/c1-37-23-7-3-21(4-8-23)18-39-26-17-25(33)27(30(36)34-20-31-11-14-35(15-12-31)16-13-31)28(32)29(26)40-19-22-5-9-24(38-2)10-6-22/h3-10,17H,11-16,18-20,33H2,1-2H3,(H,34,36). The van der Waals surface area contributed by atoms with Gasteiger partial charge in [0.05, 0.1) is 19.8 Å². The number of carbonyl (C=O) groups is 1. The summed E-state index contributed by atoms with van der Waals surface area (Å²) in [6.45, 7) is 4.33. The summed E-state index contributed by atoms with van der Waals surface area (Å²) in [5.41, 5.74) is 8.81. The summed E-state index contributed by atoms with van der Waals surface area (Å²) in [6.07, 6.45) is 3.26. The summed E-state index contributed by atoms with van der Waals surface area (Å²) in [5.74, 6) is 1.84. The summed E-state index contributed by atoms with van der Waals surface area (Å²) >= 11 is 6.86. The maximum atomic E-state index is 13.4. The Hall–Kier alpha value is -3.62. The number of halogens is 1. The van der Waals surface area contributed by atoms with Crippen LogP contribution in [0.2, 0.25) is 5.02 Å². The van der Waals surface area contributed by atoms with Crippen LogP contribution >= 0.6 is 11.6 Å². The SMILES string of the molecule is COc1ccc(COc2cc(N)c(C(=O)NCC34CCN(CC3)CC4)c(Cl)c2OCc2ccc(OC)cc2)cc1. The van der Waals surface area contributed by atoms with Crippen LogP contribution in [-0.4, -0.2) is 51.2 Å². The van der Waals surface area contributed by atoms with E-state index in [9.17, 15) is 4.79 Å². The van der Waals surface area contributed by atoms with Crippen molar-refractivity contribution >= 4 is 23.2 Å². The Morgan fingerprint density at radius 3 is 1.95 bits per heavy atom. The predicted molar refractivity (Wildman–Crippen MR) is 156 cm³/mol. The Labute approximate surface area is 240 Å². The Morgan fingerprint density at radius 2 is 1.43 bits per heavy atom. The number of hydrogen-bond donors (Lipinski definition) is 2. The molecule has 8 nitrogen and oxygen atoms in total. The van der Waals surface area contributed by atoms with Gasteiger partial charge in [0.15, 0.2) is 11.5 Å². The molecule has 3 aliphatic heterocycles. The monoisotopic (exact) mass is 565 g/mol. The van der Waals surface area contributed by atoms with Gasteiger partial charge in [-0.2, -0.15) is 0 Å². The fourth-order valence-electron chi connectivity index (χ4n) is 5.38. The number of nitrogen functional groups attached to an aromatic ring is 1. The molecule has 6 rings (SSSR count). The molecule has 40 heavy (non-hydrogen) atoms. The van der Waals surface area contributed by atoms with Crippen molar-refractivity contribution in [1.29, 1.82) is 0 Å². The van der Waals surface area contributed by atoms with Gasteiger partial charge in [-0.25, -0.2) is 0 Å². The maximum Gasteiger partial charge on any atom is 0.255 e. The Balaban J connectivity index is 1.37. The largest absolute Gasteiger partial charge is 0.497 e. The Bertz CT molecular complexity index is 1310. The zero-order valence-electron chi connectivity index (χ0n) is 23.0. The van der Waals surface area contributed by atoms with Crippen molar-refractivity contribution < 1.29 is 23.7 Å². The molecular weight excluding hydrogens is 530 g/mol. The first kappa shape index (κ1) is 27.9. The molecule has 0 spiro atoms. The summed E-state index contributed by atoms with van der Waals surface area (Å²) in [7, 11) is 3.24. The molecular formula is C31H36ClN3O5. The van der Waals surface area contributed by atoms with Crippen LogP contribution in [0.1, 0.15) is 40.7 Å². The van der Waals surface area contributed by atoms with Crippen molar-refractivity contribution in [2.45, 2.75) is 32.5 Å². The van der Waals surface area contributed by atoms with Gasteiger partial charge in [0.25, 0.3) is 5.91 Å². The van der Waals surface area contributed by atoms with Crippen molar-refractivity contribution in [2.24, 2.45) is 5.41 Å². The number of carbonyl (C=O) groups excluding carboxylic acids is 1. The minimum absolute atomic E-state index is 0.131. The molecule has 3 N–H and O–H groups in total. The van der Waals surface area contributed by atoms with Gasteiger partial charge in [0.2, 0.25) is 0 Å². The number of hydrogen-bond acceptors (Lipinski definition) is 7. The van der Waals surface area contributed by atoms with Crippen molar-refractivity contribution in [2.75, 3.05) is 46.1 Å². The van der Waals surface area contributed by atoms with Gasteiger partial charge >= 0.3 is 0 Å². The number of amides is 1. The van der Waals surface area contributed by atoms with Gasteiger partial charge in [0.1, 0.15) is 29.7 Å². The summed E-state index contributed by atoms with van der Waals surface area (Å²) in [5, 5.41) is 3.26. The van der Waals surface area contributed by atoms with Gasteiger partial charge in [-0.1, -0.05) is 35.9 Å². The van der Waals surface area contributed by atoms with E-state index in [1.54, 1.807) is 20.3 Å². The lowest BCUT2D eigenvalue weighted by molar-refractivity contribution is 0.0262. The number of anilines is 1. The van der Waals surface area contributed by atoms with Crippen LogP contribution in [0, 0.1) is 5.41 Å². The molecule has 0 atom stereocenters. The van der Waals surface area contributed by atoms with Crippen molar-refractivity contribution in [3.8, 4) is 23.0 Å². The minimum atomic E-state index is -0.305. The van der Waals surface area contributed by atoms with Crippen LogP contribution in [0.5, 0.6) is 23.0 Å². The fraction of sp³-hybridized carbons (Fsp3) is 0.387. The second-order valence-corrected chi connectivity index (χ2v) is 10.9. The van der Waals surface area contributed by atoms with Crippen molar-refractivity contribution in [3.05, 3.63) is 76.3 Å². The van der Waals surface area contributed by atoms with Crippen LogP contribution < -0.4 is 30.0 Å². The first-order valence-electron chi connectivity index (χ1n) is 13.5. The van der Waals surface area contributed by atoms with Crippen LogP contribution in [-0.2, 0) is 13.2 Å². The van der Waals surface area contributed by atoms with Crippen molar-refractivity contribution in [3.63, 3.8) is 0 Å². The molecule has 0 aliphatic carbocycles. The molecule has 3 fully saturated rings. The topological polar surface area (TPSA) is 95.3 Å². The second kappa shape index (κ2) is 12.3. The lowest BCUT2D eigenvalue weighted by Crippen LogP contribution is -2.52. The van der Waals surface area contributed by atoms with Crippen LogP contribution in [0.3, 0.4) is 0 Å². The molecule has 0 radical (unpaired) electrons. The molecule has 0 aromatic heterocycles. The first-order chi connectivity index (χ1) is 19.4. The highest BCUT2D eigenvalue weighted by molar-refractivity contribution is 6.36. The third-order valence-corrected chi connectivity index (χ3v) is 8.40. The molecule has 212 valence electrons. The lowest BCUT2D eigenvalue weighted by Gasteiger charge is -2.48. The summed E-state index contributed by atoms with van der Waals surface area (Å²) in [4.78, 5) is 15.9. The number of methoxy groups -OCH3 is 2. The summed E-state index contributed by atoms with van der Waals surface area (Å²) < 4.78 is 22.8. The van der Waals surface area contributed by atoms with Crippen LogP contribution in [0.4, 0.5) is 5.69 Å². The fourth-order valence-corrected chi connectivity index (χ4v) is 5.72. The van der Waals surface area contributed by atoms with Gasteiger partial charge in [-0.3, -0.25) is 4.79 Å². The number of piperidine rings is 3. The average molecular weight is 566 g/mol. The van der Waals surface area contributed by atoms with E-state index < -0.39 is 0 Å². The number of nitrogens with zero attached hydrogens (tertiary/aromatic N) is 1. The molecule has 3 aromatic carbocycles. The Morgan fingerprint density at radius 1 is 0.900 bits per heavy atom. The van der Waals surface area contributed by atoms with Crippen LogP contribution in [0.15, 0.2) is 54.6 Å². The third-order valence-electron chi connectivity index (χ3n) is 8.04. The van der Waals surface area contributed by atoms with E-state index in [-0.39, 0.29) is 46.6 Å². The number of benzene rings is 3. The van der Waals surface area contributed by atoms with Crippen LogP contribution in [0.25, 0.3) is 0 Å². The predicted octanol–water partition coefficient (Wildman–Crippen LogP) is 5.31. The first-order valence-corrected chi connectivity index (χ1v) is 13.9. The molecule has 9 heteroatoms. The van der Waals surface area contributed by atoms with Gasteiger partial charge in [0, 0.05) is 18.3 Å². The molecule has 3 aliphatic rings. The smallest absolute Gasteiger partial charge is 0.255 e. The number of fused-ring (bicyclic) bond motifs is 3. The zero-order chi connectivity index (χ0) is 28.1. The zero-order valence-corrected chi connectivity index (χ0v) is 23.8. The number of ether oxygens (including phenoxy) is 4. The van der Waals surface area contributed by atoms with E-state index in [0.29, 0.717) is 12.3 Å². The van der Waals surface area contributed by atoms with E-state index >= 15 is 0 Å². The molecule has 3 saturated heterocycles. The summed E-state index contributed by atoms with van der Waals surface area (Å²) in [6, 6.07) is 16.7. The molecule has 3 aromatic rings. The van der Waals surface area contributed by atoms with E-state index in [2.05, 4.69) is 10.2 Å². The average Bonchev–Trinajstić information content (AvgIpc) is 3.00. The molecule has 1 amide bonds. The van der Waals surface area contributed by atoms with E-state index in [0.717, 1.165) is 61.5 Å². The van der Waals surface area contributed by atoms with E-state index in [1.165, 1.54) is 0 Å². The normalized spacial score (nSPS) is 19.6. The van der Waals surface area contributed by atoms with Crippen molar-refractivity contribution in [1.82, 2.24) is 10.2 Å².